The average molecular weight is 374 g/mol. The van der Waals surface area contributed by atoms with E-state index in [1.807, 2.05) is 0 Å². The zero-order valence-corrected chi connectivity index (χ0v) is 17.8. The molecule has 0 aliphatic heterocycles. The minimum atomic E-state index is 0.143. The predicted octanol–water partition coefficient (Wildman–Crippen LogP) is 5.86. The summed E-state index contributed by atoms with van der Waals surface area (Å²) in [5.41, 5.74) is 7.62. The summed E-state index contributed by atoms with van der Waals surface area (Å²) < 4.78 is 10.8. The zero-order chi connectivity index (χ0) is 19.8. The van der Waals surface area contributed by atoms with Gasteiger partial charge in [0.25, 0.3) is 0 Å². The fourth-order valence-corrected chi connectivity index (χ4v) is 5.11. The molecular weight excluding hydrogens is 344 g/mol. The summed E-state index contributed by atoms with van der Waals surface area (Å²) in [6.07, 6.45) is 6.58. The second-order valence-corrected chi connectivity index (χ2v) is 9.75. The van der Waals surface area contributed by atoms with E-state index in [2.05, 4.69) is 93.8 Å². The molecule has 0 bridgehead atoms. The molecule has 2 heterocycles. The number of rotatable bonds is 1. The Morgan fingerprint density at radius 3 is 2.46 bits per heavy atom. The van der Waals surface area contributed by atoms with Crippen LogP contribution in [0.3, 0.4) is 0 Å². The molecule has 2 aromatic heterocycles. The molecule has 0 spiro atoms. The number of hydrogen-bond acceptors (Lipinski definition) is 1. The number of fused-ring (bicyclic) bond motifs is 5. The molecule has 144 valence electrons. The van der Waals surface area contributed by atoms with Crippen LogP contribution in [-0.4, -0.2) is 4.68 Å². The molecule has 1 aliphatic rings. The first-order valence-electron chi connectivity index (χ1n) is 10.2. The molecule has 0 fully saturated rings. The molecule has 3 nitrogen and oxygen atoms in total. The second kappa shape index (κ2) is 5.50. The van der Waals surface area contributed by atoms with Crippen LogP contribution in [0.4, 0.5) is 0 Å². The third-order valence-electron chi connectivity index (χ3n) is 6.86. The highest BCUT2D eigenvalue weighted by Crippen LogP contribution is 2.50. The lowest BCUT2D eigenvalue weighted by molar-refractivity contribution is -0.744. The van der Waals surface area contributed by atoms with Crippen molar-refractivity contribution in [2.45, 2.75) is 58.3 Å². The van der Waals surface area contributed by atoms with Gasteiger partial charge >= 0.3 is 0 Å². The lowest BCUT2D eigenvalue weighted by Crippen LogP contribution is -2.37. The highest BCUT2D eigenvalue weighted by molar-refractivity contribution is 6.10. The molecule has 1 aliphatic carbocycles. The molecule has 0 amide bonds. The minimum Gasteiger partial charge on any atom is -0.454 e. The van der Waals surface area contributed by atoms with Crippen molar-refractivity contribution in [2.24, 2.45) is 7.05 Å². The van der Waals surface area contributed by atoms with Crippen LogP contribution in [0, 0.1) is 6.92 Å². The van der Waals surface area contributed by atoms with E-state index in [-0.39, 0.29) is 10.8 Å². The predicted molar refractivity (Wildman–Crippen MR) is 114 cm³/mol. The summed E-state index contributed by atoms with van der Waals surface area (Å²) in [5, 5.41) is 2.54. The number of benzene rings is 2. The van der Waals surface area contributed by atoms with E-state index in [0.29, 0.717) is 0 Å². The minimum absolute atomic E-state index is 0.143. The van der Waals surface area contributed by atoms with E-state index in [4.69, 9.17) is 4.42 Å². The average Bonchev–Trinajstić information content (AvgIpc) is 3.21. The van der Waals surface area contributed by atoms with Crippen molar-refractivity contribution in [1.29, 1.82) is 0 Å². The largest absolute Gasteiger partial charge is 0.454 e. The van der Waals surface area contributed by atoms with Crippen LogP contribution in [-0.2, 0) is 17.9 Å². The lowest BCUT2D eigenvalue weighted by Gasteiger charge is -2.42. The van der Waals surface area contributed by atoms with Crippen molar-refractivity contribution in [2.75, 3.05) is 0 Å². The van der Waals surface area contributed by atoms with E-state index in [9.17, 15) is 0 Å². The zero-order valence-electron chi connectivity index (χ0n) is 17.8. The Morgan fingerprint density at radius 2 is 1.75 bits per heavy atom. The molecule has 0 atom stereocenters. The molecule has 0 saturated carbocycles. The first-order valence-corrected chi connectivity index (χ1v) is 10.2. The van der Waals surface area contributed by atoms with Gasteiger partial charge < -0.3 is 4.42 Å². The molecular formula is C25H29N2O+. The first kappa shape index (κ1) is 17.5. The summed E-state index contributed by atoms with van der Waals surface area (Å²) in [5.74, 6) is 0. The lowest BCUT2D eigenvalue weighted by atomic mass is 9.62. The van der Waals surface area contributed by atoms with Gasteiger partial charge in [-0.15, -0.1) is 9.36 Å². The van der Waals surface area contributed by atoms with Gasteiger partial charge in [-0.1, -0.05) is 45.9 Å². The van der Waals surface area contributed by atoms with Gasteiger partial charge in [-0.25, -0.2) is 0 Å². The second-order valence-electron chi connectivity index (χ2n) is 9.75. The van der Waals surface area contributed by atoms with Gasteiger partial charge in [0, 0.05) is 16.8 Å². The molecule has 4 aromatic rings. The summed E-state index contributed by atoms with van der Waals surface area (Å²) in [6, 6.07) is 11.0. The fourth-order valence-electron chi connectivity index (χ4n) is 5.11. The monoisotopic (exact) mass is 373 g/mol. The van der Waals surface area contributed by atoms with E-state index in [0.717, 1.165) is 16.9 Å². The van der Waals surface area contributed by atoms with Crippen LogP contribution in [0.2, 0.25) is 0 Å². The maximum Gasteiger partial charge on any atom is 0.195 e. The topological polar surface area (TPSA) is 21.9 Å². The van der Waals surface area contributed by atoms with Crippen LogP contribution in [0.25, 0.3) is 27.6 Å². The molecule has 3 heteroatoms. The van der Waals surface area contributed by atoms with Gasteiger partial charge in [0.2, 0.25) is 0 Å². The normalized spacial score (nSPS) is 17.9. The molecule has 0 saturated heterocycles. The highest BCUT2D eigenvalue weighted by Gasteiger charge is 2.39. The van der Waals surface area contributed by atoms with Crippen molar-refractivity contribution in [3.8, 4) is 5.69 Å². The fraction of sp³-hybridized carbons (Fsp3) is 0.400. The van der Waals surface area contributed by atoms with E-state index < -0.39 is 0 Å². The van der Waals surface area contributed by atoms with Gasteiger partial charge in [-0.3, -0.25) is 0 Å². The number of hydrogen-bond donors (Lipinski definition) is 0. The smallest absolute Gasteiger partial charge is 0.195 e. The third-order valence-corrected chi connectivity index (χ3v) is 6.86. The number of furan rings is 1. The molecule has 0 unspecified atom stereocenters. The first-order chi connectivity index (χ1) is 13.2. The molecule has 0 radical (unpaired) electrons. The molecule has 2 aromatic carbocycles. The van der Waals surface area contributed by atoms with E-state index in [1.165, 1.54) is 40.3 Å². The van der Waals surface area contributed by atoms with Gasteiger partial charge in [0.1, 0.15) is 5.58 Å². The molecule has 0 N–H and O–H groups in total. The molecule has 5 rings (SSSR count). The summed E-state index contributed by atoms with van der Waals surface area (Å²) in [6.45, 7) is 11.7. The van der Waals surface area contributed by atoms with Crippen molar-refractivity contribution in [1.82, 2.24) is 4.68 Å². The Kier molecular flexibility index (Phi) is 3.44. The third kappa shape index (κ3) is 2.25. The van der Waals surface area contributed by atoms with E-state index in [1.54, 1.807) is 0 Å². The Balaban J connectivity index is 1.95. The number of aryl methyl sites for hydroxylation is 2. The van der Waals surface area contributed by atoms with Gasteiger partial charge in [0.05, 0.1) is 6.20 Å². The summed E-state index contributed by atoms with van der Waals surface area (Å²) in [4.78, 5) is 0. The SMILES string of the molecule is Cc1ccc2c(oc3ccc4c(c32)C(C)(C)CCC4(C)C)c1-n1ccc[n+]1C. The van der Waals surface area contributed by atoms with Crippen molar-refractivity contribution in [3.63, 3.8) is 0 Å². The molecule has 28 heavy (non-hydrogen) atoms. The highest BCUT2D eigenvalue weighted by atomic mass is 16.3. The summed E-state index contributed by atoms with van der Waals surface area (Å²) >= 11 is 0. The Morgan fingerprint density at radius 1 is 1.00 bits per heavy atom. The van der Waals surface area contributed by atoms with Crippen LogP contribution in [0.5, 0.6) is 0 Å². The van der Waals surface area contributed by atoms with Crippen LogP contribution in [0.15, 0.2) is 47.1 Å². The van der Waals surface area contributed by atoms with Crippen molar-refractivity contribution in [3.05, 3.63) is 59.4 Å². The van der Waals surface area contributed by atoms with Crippen LogP contribution in [0.1, 0.15) is 57.2 Å². The summed E-state index contributed by atoms with van der Waals surface area (Å²) in [7, 11) is 2.06. The van der Waals surface area contributed by atoms with Gasteiger partial charge in [-0.2, -0.15) is 0 Å². The Hall–Kier alpha value is -2.55. The Labute approximate surface area is 166 Å². The number of nitrogens with zero attached hydrogens (tertiary/aromatic N) is 2. The van der Waals surface area contributed by atoms with Crippen molar-refractivity contribution >= 4 is 21.9 Å². The maximum absolute atomic E-state index is 6.54. The standard InChI is InChI=1S/C25H29N2O/c1-16-8-9-17-20-19(28-23(17)22(16)27-15-7-14-26(27)6)11-10-18-21(20)25(4,5)13-12-24(18,2)3/h7-11,14-15H,12-13H2,1-6H3/q+1. The van der Waals surface area contributed by atoms with Gasteiger partial charge in [-0.05, 0) is 53.4 Å². The van der Waals surface area contributed by atoms with Crippen LogP contribution >= 0.6 is 0 Å². The van der Waals surface area contributed by atoms with Crippen molar-refractivity contribution < 1.29 is 9.10 Å². The van der Waals surface area contributed by atoms with Crippen LogP contribution < -0.4 is 4.68 Å². The van der Waals surface area contributed by atoms with Gasteiger partial charge in [0.15, 0.2) is 24.5 Å². The maximum atomic E-state index is 6.54. The number of aromatic nitrogens is 2. The Bertz CT molecular complexity index is 1240. The quantitative estimate of drug-likeness (QED) is 0.383. The van der Waals surface area contributed by atoms with E-state index >= 15 is 0 Å².